The lowest BCUT2D eigenvalue weighted by atomic mass is 10.0. The molecule has 1 aromatic rings. The van der Waals surface area contributed by atoms with Crippen molar-refractivity contribution >= 4 is 0 Å². The Bertz CT molecular complexity index is 302. The Morgan fingerprint density at radius 1 is 1.53 bits per heavy atom. The highest BCUT2D eigenvalue weighted by atomic mass is 16.5. The monoisotopic (exact) mass is 206 g/mol. The van der Waals surface area contributed by atoms with E-state index in [0.29, 0.717) is 0 Å². The standard InChI is InChI=1S/C12H18N2O/c1-2-5-10(14-13)12-8-9-6-3-4-7-11(9)15-12/h3-4,6-7,10,12,14H,2,5,8,13H2,1H3. The second kappa shape index (κ2) is 4.64. The van der Waals surface area contributed by atoms with E-state index in [1.165, 1.54) is 5.56 Å². The van der Waals surface area contributed by atoms with E-state index in [9.17, 15) is 0 Å². The molecule has 0 aliphatic carbocycles. The zero-order valence-corrected chi connectivity index (χ0v) is 9.07. The van der Waals surface area contributed by atoms with Gasteiger partial charge in [-0.1, -0.05) is 31.5 Å². The number of benzene rings is 1. The molecule has 3 nitrogen and oxygen atoms in total. The van der Waals surface area contributed by atoms with Crippen LogP contribution in [-0.4, -0.2) is 12.1 Å². The fourth-order valence-corrected chi connectivity index (χ4v) is 2.12. The third-order valence-electron chi connectivity index (χ3n) is 2.93. The Morgan fingerprint density at radius 2 is 2.33 bits per heavy atom. The van der Waals surface area contributed by atoms with Gasteiger partial charge in [0.15, 0.2) is 0 Å². The Kier molecular flexibility index (Phi) is 3.23. The van der Waals surface area contributed by atoms with Crippen LogP contribution in [-0.2, 0) is 6.42 Å². The number of hydrazine groups is 1. The lowest BCUT2D eigenvalue weighted by molar-refractivity contribution is 0.171. The van der Waals surface area contributed by atoms with Crippen LogP contribution in [0, 0.1) is 0 Å². The first kappa shape index (κ1) is 10.5. The average Bonchev–Trinajstić information content (AvgIpc) is 2.69. The van der Waals surface area contributed by atoms with Gasteiger partial charge in [0.2, 0.25) is 0 Å². The first-order valence-corrected chi connectivity index (χ1v) is 5.56. The van der Waals surface area contributed by atoms with Crippen LogP contribution in [0.1, 0.15) is 25.3 Å². The van der Waals surface area contributed by atoms with Crippen LogP contribution in [0.15, 0.2) is 24.3 Å². The number of nitrogens with one attached hydrogen (secondary N) is 1. The fourth-order valence-electron chi connectivity index (χ4n) is 2.12. The van der Waals surface area contributed by atoms with E-state index < -0.39 is 0 Å². The molecule has 0 aromatic heterocycles. The van der Waals surface area contributed by atoms with Crippen LogP contribution < -0.4 is 16.0 Å². The van der Waals surface area contributed by atoms with Gasteiger partial charge in [0.25, 0.3) is 0 Å². The molecule has 2 atom stereocenters. The summed E-state index contributed by atoms with van der Waals surface area (Å²) in [5, 5.41) is 0. The molecule has 15 heavy (non-hydrogen) atoms. The minimum atomic E-state index is 0.187. The van der Waals surface area contributed by atoms with Crippen LogP contribution in [0.2, 0.25) is 0 Å². The van der Waals surface area contributed by atoms with E-state index in [0.717, 1.165) is 25.0 Å². The molecule has 0 bridgehead atoms. The van der Waals surface area contributed by atoms with Gasteiger partial charge in [0.1, 0.15) is 11.9 Å². The van der Waals surface area contributed by atoms with Gasteiger partial charge in [-0.05, 0) is 18.1 Å². The van der Waals surface area contributed by atoms with Gasteiger partial charge in [-0.3, -0.25) is 11.3 Å². The highest BCUT2D eigenvalue weighted by Gasteiger charge is 2.28. The number of hydrogen-bond donors (Lipinski definition) is 2. The Labute approximate surface area is 90.6 Å². The summed E-state index contributed by atoms with van der Waals surface area (Å²) in [5.41, 5.74) is 4.15. The van der Waals surface area contributed by atoms with Gasteiger partial charge >= 0.3 is 0 Å². The maximum atomic E-state index is 5.87. The van der Waals surface area contributed by atoms with Crippen LogP contribution in [0.25, 0.3) is 0 Å². The predicted molar refractivity (Wildman–Crippen MR) is 60.6 cm³/mol. The number of nitrogens with two attached hydrogens (primary N) is 1. The van der Waals surface area contributed by atoms with Crippen molar-refractivity contribution in [2.45, 2.75) is 38.3 Å². The summed E-state index contributed by atoms with van der Waals surface area (Å²) < 4.78 is 5.87. The fraction of sp³-hybridized carbons (Fsp3) is 0.500. The van der Waals surface area contributed by atoms with Gasteiger partial charge < -0.3 is 4.74 Å². The molecule has 1 aliphatic heterocycles. The molecular formula is C12H18N2O. The zero-order valence-electron chi connectivity index (χ0n) is 9.07. The molecule has 3 heteroatoms. The minimum Gasteiger partial charge on any atom is -0.488 e. The van der Waals surface area contributed by atoms with Crippen molar-refractivity contribution in [3.63, 3.8) is 0 Å². The predicted octanol–water partition coefficient (Wildman–Crippen LogP) is 1.62. The summed E-state index contributed by atoms with van der Waals surface area (Å²) in [4.78, 5) is 0. The number of fused-ring (bicyclic) bond motifs is 1. The first-order chi connectivity index (χ1) is 7.35. The van der Waals surface area contributed by atoms with Crippen molar-refractivity contribution in [3.05, 3.63) is 29.8 Å². The Balaban J connectivity index is 2.05. The summed E-state index contributed by atoms with van der Waals surface area (Å²) in [5.74, 6) is 6.56. The SMILES string of the molecule is CCCC(NN)C1Cc2ccccc2O1. The zero-order chi connectivity index (χ0) is 10.7. The largest absolute Gasteiger partial charge is 0.488 e. The second-order valence-corrected chi connectivity index (χ2v) is 4.03. The summed E-state index contributed by atoms with van der Waals surface area (Å²) in [7, 11) is 0. The average molecular weight is 206 g/mol. The highest BCUT2D eigenvalue weighted by molar-refractivity contribution is 5.37. The number of rotatable bonds is 4. The van der Waals surface area contributed by atoms with E-state index in [-0.39, 0.29) is 12.1 Å². The lowest BCUT2D eigenvalue weighted by Crippen LogP contribution is -2.45. The number of para-hydroxylation sites is 1. The van der Waals surface area contributed by atoms with Crippen molar-refractivity contribution in [2.75, 3.05) is 0 Å². The van der Waals surface area contributed by atoms with Gasteiger partial charge in [-0.25, -0.2) is 0 Å². The molecule has 82 valence electrons. The summed E-state index contributed by atoms with van der Waals surface area (Å²) in [6.45, 7) is 2.16. The molecule has 0 saturated carbocycles. The van der Waals surface area contributed by atoms with E-state index in [2.05, 4.69) is 24.5 Å². The van der Waals surface area contributed by atoms with Crippen molar-refractivity contribution < 1.29 is 4.74 Å². The molecular weight excluding hydrogens is 188 g/mol. The molecule has 0 fully saturated rings. The molecule has 3 N–H and O–H groups in total. The Hall–Kier alpha value is -1.06. The molecule has 1 aliphatic rings. The molecule has 0 radical (unpaired) electrons. The van der Waals surface area contributed by atoms with Crippen molar-refractivity contribution in [2.24, 2.45) is 5.84 Å². The molecule has 0 amide bonds. The molecule has 2 unspecified atom stereocenters. The third kappa shape index (κ3) is 2.13. The first-order valence-electron chi connectivity index (χ1n) is 5.56. The van der Waals surface area contributed by atoms with E-state index in [4.69, 9.17) is 10.6 Å². The van der Waals surface area contributed by atoms with Crippen molar-refractivity contribution in [3.8, 4) is 5.75 Å². The van der Waals surface area contributed by atoms with Gasteiger partial charge in [0, 0.05) is 6.42 Å². The van der Waals surface area contributed by atoms with E-state index >= 15 is 0 Å². The second-order valence-electron chi connectivity index (χ2n) is 4.03. The van der Waals surface area contributed by atoms with Crippen LogP contribution in [0.4, 0.5) is 0 Å². The minimum absolute atomic E-state index is 0.187. The maximum Gasteiger partial charge on any atom is 0.123 e. The van der Waals surface area contributed by atoms with Crippen LogP contribution in [0.5, 0.6) is 5.75 Å². The molecule has 2 rings (SSSR count). The maximum absolute atomic E-state index is 5.87. The van der Waals surface area contributed by atoms with E-state index in [1.54, 1.807) is 0 Å². The number of ether oxygens (including phenoxy) is 1. The summed E-state index contributed by atoms with van der Waals surface area (Å²) in [6, 6.07) is 8.45. The summed E-state index contributed by atoms with van der Waals surface area (Å²) >= 11 is 0. The third-order valence-corrected chi connectivity index (χ3v) is 2.93. The molecule has 0 saturated heterocycles. The smallest absolute Gasteiger partial charge is 0.123 e. The normalized spacial score (nSPS) is 20.8. The van der Waals surface area contributed by atoms with Gasteiger partial charge in [0.05, 0.1) is 6.04 Å². The van der Waals surface area contributed by atoms with Crippen LogP contribution >= 0.6 is 0 Å². The lowest BCUT2D eigenvalue weighted by Gasteiger charge is -2.21. The van der Waals surface area contributed by atoms with Gasteiger partial charge in [-0.2, -0.15) is 0 Å². The Morgan fingerprint density at radius 3 is 3.00 bits per heavy atom. The van der Waals surface area contributed by atoms with E-state index in [1.807, 2.05) is 12.1 Å². The quantitative estimate of drug-likeness (QED) is 0.581. The topological polar surface area (TPSA) is 47.3 Å². The van der Waals surface area contributed by atoms with Crippen molar-refractivity contribution in [1.82, 2.24) is 5.43 Å². The molecule has 0 spiro atoms. The van der Waals surface area contributed by atoms with Crippen molar-refractivity contribution in [1.29, 1.82) is 0 Å². The van der Waals surface area contributed by atoms with Crippen LogP contribution in [0.3, 0.4) is 0 Å². The molecule has 1 aromatic carbocycles. The summed E-state index contributed by atoms with van der Waals surface area (Å²) in [6.07, 6.45) is 3.32. The van der Waals surface area contributed by atoms with Gasteiger partial charge in [-0.15, -0.1) is 0 Å². The highest BCUT2D eigenvalue weighted by Crippen LogP contribution is 2.30. The molecule has 1 heterocycles. The number of hydrogen-bond acceptors (Lipinski definition) is 3.